The zero-order chi connectivity index (χ0) is 16.5. The largest absolute Gasteiger partial charge is 0.868 e. The summed E-state index contributed by atoms with van der Waals surface area (Å²) < 4.78 is 39.1. The average molecular weight is 328 g/mol. The molecule has 0 atom stereocenters. The molecule has 2 aromatic rings. The maximum Gasteiger partial charge on any atom is 0.435 e. The van der Waals surface area contributed by atoms with Gasteiger partial charge in [-0.25, -0.2) is 4.98 Å². The molecule has 1 heterocycles. The number of nitrogens with zero attached hydrogens (tertiary/aromatic N) is 4. The Kier molecular flexibility index (Phi) is 4.01. The molecule has 0 saturated heterocycles. The number of rotatable bonds is 2. The van der Waals surface area contributed by atoms with Gasteiger partial charge in [-0.05, 0) is 17.9 Å². The highest BCUT2D eigenvalue weighted by Gasteiger charge is 2.38. The fourth-order valence-corrected chi connectivity index (χ4v) is 2.36. The van der Waals surface area contributed by atoms with Crippen LogP contribution in [0.15, 0.2) is 23.3 Å². The SMILES string of the molecule is C[N+](=Nc1nc(C(F)(F)F)c(C#N)s1)c1ccc(O)cc1[O-]. The Morgan fingerprint density at radius 3 is 2.64 bits per heavy atom. The van der Waals surface area contributed by atoms with E-state index in [0.717, 1.165) is 10.8 Å². The van der Waals surface area contributed by atoms with Crippen LogP contribution in [0.25, 0.3) is 0 Å². The van der Waals surface area contributed by atoms with Crippen molar-refractivity contribution >= 4 is 22.2 Å². The van der Waals surface area contributed by atoms with E-state index in [0.29, 0.717) is 11.3 Å². The topological polar surface area (TPSA) is 95.3 Å². The number of halogens is 3. The maximum atomic E-state index is 12.7. The predicted octanol–water partition coefficient (Wildman–Crippen LogP) is 2.87. The van der Waals surface area contributed by atoms with Crippen LogP contribution < -0.4 is 5.11 Å². The minimum absolute atomic E-state index is 0.0417. The Morgan fingerprint density at radius 1 is 1.45 bits per heavy atom. The number of alkyl halides is 3. The average Bonchev–Trinajstić information content (AvgIpc) is 2.81. The second-order valence-electron chi connectivity index (χ2n) is 4.06. The highest BCUT2D eigenvalue weighted by molar-refractivity contribution is 7.15. The molecule has 114 valence electrons. The molecule has 1 N–H and O–H groups in total. The van der Waals surface area contributed by atoms with E-state index in [-0.39, 0.29) is 16.6 Å². The van der Waals surface area contributed by atoms with Gasteiger partial charge in [-0.15, -0.1) is 0 Å². The molecule has 0 saturated carbocycles. The van der Waals surface area contributed by atoms with Gasteiger partial charge in [0.1, 0.15) is 16.7 Å². The van der Waals surface area contributed by atoms with Crippen LogP contribution in [0.3, 0.4) is 0 Å². The maximum absolute atomic E-state index is 12.7. The minimum atomic E-state index is -4.75. The van der Waals surface area contributed by atoms with Crippen LogP contribution in [0.4, 0.5) is 24.0 Å². The van der Waals surface area contributed by atoms with Crippen molar-refractivity contribution < 1.29 is 28.1 Å². The normalized spacial score (nSPS) is 12.2. The quantitative estimate of drug-likeness (QED) is 0.677. The van der Waals surface area contributed by atoms with Gasteiger partial charge < -0.3 is 10.2 Å². The second-order valence-corrected chi connectivity index (χ2v) is 5.04. The van der Waals surface area contributed by atoms with Crippen LogP contribution in [0.2, 0.25) is 0 Å². The second kappa shape index (κ2) is 5.61. The summed E-state index contributed by atoms with van der Waals surface area (Å²) >= 11 is 0.466. The van der Waals surface area contributed by atoms with Crippen LogP contribution in [-0.2, 0) is 6.18 Å². The summed E-state index contributed by atoms with van der Waals surface area (Å²) in [6, 6.07) is 4.88. The molecule has 10 heteroatoms. The summed E-state index contributed by atoms with van der Waals surface area (Å²) in [5.74, 6) is -0.790. The summed E-state index contributed by atoms with van der Waals surface area (Å²) in [6.07, 6.45) is -4.75. The standard InChI is InChI=1S/C12H7F3N4O2S/c1-19(7-3-2-6(20)4-8(7)21)18-11-17-10(12(13,14)15)9(5-16)22-11/h2-4H,1H3,(H-,17,18,20,21). The summed E-state index contributed by atoms with van der Waals surface area (Å²) in [6.45, 7) is 0. The Bertz CT molecular complexity index is 793. The molecule has 22 heavy (non-hydrogen) atoms. The number of nitriles is 1. The number of azo groups is 2. The first kappa shape index (κ1) is 15.7. The van der Waals surface area contributed by atoms with Crippen molar-refractivity contribution in [1.29, 1.82) is 5.26 Å². The number of hydrogen-bond donors (Lipinski definition) is 1. The third kappa shape index (κ3) is 3.15. The van der Waals surface area contributed by atoms with Gasteiger partial charge in [0, 0.05) is 11.2 Å². The summed E-state index contributed by atoms with van der Waals surface area (Å²) in [5.41, 5.74) is -1.26. The van der Waals surface area contributed by atoms with Crippen molar-refractivity contribution in [3.63, 3.8) is 0 Å². The fourth-order valence-electron chi connectivity index (χ4n) is 1.57. The number of hydrogen-bond acceptors (Lipinski definition) is 6. The van der Waals surface area contributed by atoms with E-state index in [1.54, 1.807) is 0 Å². The van der Waals surface area contributed by atoms with Crippen LogP contribution in [0.1, 0.15) is 10.6 Å². The molecule has 1 aromatic heterocycles. The molecule has 0 aliphatic carbocycles. The monoisotopic (exact) mass is 328 g/mol. The van der Waals surface area contributed by atoms with E-state index in [1.165, 1.54) is 25.2 Å². The van der Waals surface area contributed by atoms with Gasteiger partial charge in [0.25, 0.3) is 5.13 Å². The van der Waals surface area contributed by atoms with E-state index in [9.17, 15) is 18.3 Å². The summed E-state index contributed by atoms with van der Waals surface area (Å²) in [4.78, 5) is 2.67. The molecular formula is C12H7F3N4O2S. The van der Waals surface area contributed by atoms with Gasteiger partial charge in [0.15, 0.2) is 12.7 Å². The van der Waals surface area contributed by atoms with E-state index in [4.69, 9.17) is 10.4 Å². The van der Waals surface area contributed by atoms with E-state index in [1.807, 2.05) is 0 Å². The van der Waals surface area contributed by atoms with Gasteiger partial charge in [0.05, 0.1) is 0 Å². The molecule has 0 aliphatic heterocycles. The number of phenols is 1. The number of aromatic nitrogens is 1. The molecule has 6 nitrogen and oxygen atoms in total. The van der Waals surface area contributed by atoms with Crippen molar-refractivity contribution in [3.05, 3.63) is 28.8 Å². The van der Waals surface area contributed by atoms with E-state index >= 15 is 0 Å². The number of thiazole rings is 1. The molecule has 2 rings (SSSR count). The molecule has 0 unspecified atom stereocenters. The number of benzene rings is 1. The van der Waals surface area contributed by atoms with Crippen LogP contribution >= 0.6 is 11.3 Å². The van der Waals surface area contributed by atoms with Crippen LogP contribution in [0, 0.1) is 11.3 Å². The molecule has 0 amide bonds. The molecule has 0 bridgehead atoms. The summed E-state index contributed by atoms with van der Waals surface area (Å²) in [7, 11) is 1.34. The van der Waals surface area contributed by atoms with Gasteiger partial charge in [-0.3, -0.25) is 0 Å². The molecule has 1 aromatic carbocycles. The highest BCUT2D eigenvalue weighted by Crippen LogP contribution is 2.37. The van der Waals surface area contributed by atoms with Crippen molar-refractivity contribution in [3.8, 4) is 17.6 Å². The Balaban J connectivity index is 2.45. The molecule has 0 radical (unpaired) electrons. The Labute approximate surface area is 126 Å². The number of phenolic OH excluding ortho intramolecular Hbond substituents is 1. The highest BCUT2D eigenvalue weighted by atomic mass is 32.1. The molecule has 0 spiro atoms. The lowest BCUT2D eigenvalue weighted by Crippen LogP contribution is -2.07. The van der Waals surface area contributed by atoms with Crippen LogP contribution in [-0.4, -0.2) is 21.8 Å². The van der Waals surface area contributed by atoms with Crippen molar-refractivity contribution in [2.24, 2.45) is 5.11 Å². The molecular weight excluding hydrogens is 321 g/mol. The first-order valence-electron chi connectivity index (χ1n) is 5.66. The van der Waals surface area contributed by atoms with Crippen molar-refractivity contribution in [2.45, 2.75) is 6.18 Å². The van der Waals surface area contributed by atoms with Gasteiger partial charge in [0.2, 0.25) is 5.69 Å². The Morgan fingerprint density at radius 2 is 2.14 bits per heavy atom. The zero-order valence-electron chi connectivity index (χ0n) is 10.9. The number of aromatic hydroxyl groups is 1. The van der Waals surface area contributed by atoms with Crippen molar-refractivity contribution in [2.75, 3.05) is 7.05 Å². The first-order chi connectivity index (χ1) is 10.2. The van der Waals surface area contributed by atoms with Crippen molar-refractivity contribution in [1.82, 2.24) is 4.98 Å². The lowest BCUT2D eigenvalue weighted by atomic mass is 10.3. The predicted molar refractivity (Wildman–Crippen MR) is 67.3 cm³/mol. The Hall–Kier alpha value is -2.67. The smallest absolute Gasteiger partial charge is 0.435 e. The zero-order valence-corrected chi connectivity index (χ0v) is 11.7. The first-order valence-corrected chi connectivity index (χ1v) is 6.47. The van der Waals surface area contributed by atoms with Gasteiger partial charge in [-0.2, -0.15) is 18.4 Å². The lowest BCUT2D eigenvalue weighted by Gasteiger charge is -2.06. The van der Waals surface area contributed by atoms with E-state index < -0.39 is 22.5 Å². The van der Waals surface area contributed by atoms with E-state index in [2.05, 4.69) is 10.1 Å². The molecule has 0 aliphatic rings. The van der Waals surface area contributed by atoms with Gasteiger partial charge in [-0.1, -0.05) is 16.0 Å². The van der Waals surface area contributed by atoms with Gasteiger partial charge >= 0.3 is 6.18 Å². The fraction of sp³-hybridized carbons (Fsp3) is 0.167. The third-order valence-electron chi connectivity index (χ3n) is 2.51. The van der Waals surface area contributed by atoms with Crippen LogP contribution in [0.5, 0.6) is 11.5 Å². The third-order valence-corrected chi connectivity index (χ3v) is 3.36. The minimum Gasteiger partial charge on any atom is -0.868 e. The lowest BCUT2D eigenvalue weighted by molar-refractivity contribution is -0.483. The molecule has 0 fully saturated rings. The summed E-state index contributed by atoms with van der Waals surface area (Å²) in [5, 5.41) is 33.0.